The first-order chi connectivity index (χ1) is 8.65. The summed E-state index contributed by atoms with van der Waals surface area (Å²) < 4.78 is 2.06. The van der Waals surface area contributed by atoms with Crippen molar-refractivity contribution in [1.29, 1.82) is 0 Å². The summed E-state index contributed by atoms with van der Waals surface area (Å²) in [5, 5.41) is 4.46. The number of nitrogens with zero attached hydrogens (tertiary/aromatic N) is 2. The molecule has 0 aliphatic rings. The lowest BCUT2D eigenvalue weighted by Gasteiger charge is -2.12. The second-order valence-corrected chi connectivity index (χ2v) is 4.74. The predicted molar refractivity (Wildman–Crippen MR) is 75.3 cm³/mol. The van der Waals surface area contributed by atoms with Crippen molar-refractivity contribution in [3.05, 3.63) is 41.7 Å². The minimum Gasteiger partial charge on any atom is -0.324 e. The average Bonchev–Trinajstić information content (AvgIpc) is 2.72. The number of aromatic nitrogens is 2. The zero-order valence-corrected chi connectivity index (χ0v) is 11.4. The fraction of sp³-hybridized carbons (Fsp3) is 0.400. The van der Waals surface area contributed by atoms with Gasteiger partial charge in [0.2, 0.25) is 0 Å². The molecule has 2 aromatic rings. The largest absolute Gasteiger partial charge is 0.324 e. The topological polar surface area (TPSA) is 43.8 Å². The minimum absolute atomic E-state index is 0.0372. The van der Waals surface area contributed by atoms with Crippen molar-refractivity contribution in [2.75, 3.05) is 0 Å². The third kappa shape index (κ3) is 2.31. The quantitative estimate of drug-likeness (QED) is 0.895. The smallest absolute Gasteiger partial charge is 0.0571 e. The first-order valence-corrected chi connectivity index (χ1v) is 6.52. The third-order valence-electron chi connectivity index (χ3n) is 3.28. The summed E-state index contributed by atoms with van der Waals surface area (Å²) in [6.07, 6.45) is 3.04. The molecule has 1 aromatic heterocycles. The zero-order valence-electron chi connectivity index (χ0n) is 11.4. The van der Waals surface area contributed by atoms with Crippen LogP contribution in [0.1, 0.15) is 37.6 Å². The van der Waals surface area contributed by atoms with E-state index < -0.39 is 0 Å². The Morgan fingerprint density at radius 3 is 2.67 bits per heavy atom. The molecular formula is C15H21N3. The van der Waals surface area contributed by atoms with Gasteiger partial charge in [0.25, 0.3) is 0 Å². The zero-order chi connectivity index (χ0) is 13.1. The highest BCUT2D eigenvalue weighted by Gasteiger charge is 2.13. The Balaban J connectivity index is 2.49. The molecular weight excluding hydrogens is 222 g/mol. The second kappa shape index (κ2) is 5.36. The van der Waals surface area contributed by atoms with Crippen LogP contribution in [-0.2, 0) is 6.54 Å². The summed E-state index contributed by atoms with van der Waals surface area (Å²) >= 11 is 0. The third-order valence-corrected chi connectivity index (χ3v) is 3.28. The summed E-state index contributed by atoms with van der Waals surface area (Å²) in [4.78, 5) is 0. The summed E-state index contributed by atoms with van der Waals surface area (Å²) in [5.74, 6) is 0. The number of rotatable bonds is 4. The number of hydrogen-bond donors (Lipinski definition) is 1. The molecule has 1 atom stereocenters. The van der Waals surface area contributed by atoms with Crippen molar-refractivity contribution < 1.29 is 0 Å². The number of nitrogens with two attached hydrogens (primary N) is 1. The molecule has 3 nitrogen and oxygen atoms in total. The lowest BCUT2D eigenvalue weighted by molar-refractivity contribution is 0.587. The maximum absolute atomic E-state index is 6.04. The Labute approximate surface area is 109 Å². The van der Waals surface area contributed by atoms with Crippen LogP contribution >= 0.6 is 0 Å². The Bertz CT molecular complexity index is 526. The normalized spacial score (nSPS) is 12.7. The van der Waals surface area contributed by atoms with Gasteiger partial charge >= 0.3 is 0 Å². The van der Waals surface area contributed by atoms with Crippen molar-refractivity contribution >= 4 is 0 Å². The van der Waals surface area contributed by atoms with Crippen molar-refractivity contribution in [2.45, 2.75) is 39.8 Å². The predicted octanol–water partition coefficient (Wildman–Crippen LogP) is 3.29. The maximum Gasteiger partial charge on any atom is 0.0571 e. The molecule has 0 aliphatic carbocycles. The van der Waals surface area contributed by atoms with Gasteiger partial charge in [-0.05, 0) is 31.4 Å². The highest BCUT2D eigenvalue weighted by Crippen LogP contribution is 2.29. The van der Waals surface area contributed by atoms with E-state index in [1.807, 2.05) is 19.2 Å². The molecule has 18 heavy (non-hydrogen) atoms. The molecule has 0 bridgehead atoms. The van der Waals surface area contributed by atoms with E-state index in [1.165, 1.54) is 22.4 Å². The van der Waals surface area contributed by atoms with Gasteiger partial charge in [0, 0.05) is 23.8 Å². The lowest BCUT2D eigenvalue weighted by atomic mass is 9.96. The first-order valence-electron chi connectivity index (χ1n) is 6.52. The highest BCUT2D eigenvalue weighted by molar-refractivity contribution is 5.69. The molecule has 0 saturated carbocycles. The van der Waals surface area contributed by atoms with Crippen LogP contribution in [0.5, 0.6) is 0 Å². The van der Waals surface area contributed by atoms with Gasteiger partial charge in [-0.3, -0.25) is 4.68 Å². The van der Waals surface area contributed by atoms with E-state index in [0.29, 0.717) is 0 Å². The highest BCUT2D eigenvalue weighted by atomic mass is 15.3. The molecule has 3 heteroatoms. The number of benzene rings is 1. The van der Waals surface area contributed by atoms with Gasteiger partial charge in [-0.2, -0.15) is 5.10 Å². The molecule has 0 saturated heterocycles. The lowest BCUT2D eigenvalue weighted by Crippen LogP contribution is -2.07. The fourth-order valence-electron chi connectivity index (χ4n) is 2.29. The van der Waals surface area contributed by atoms with Gasteiger partial charge in [0.1, 0.15) is 0 Å². The molecule has 1 unspecified atom stereocenters. The number of aryl methyl sites for hydroxylation is 1. The molecule has 0 spiro atoms. The molecule has 2 rings (SSSR count). The van der Waals surface area contributed by atoms with Gasteiger partial charge in [0.15, 0.2) is 0 Å². The van der Waals surface area contributed by atoms with Crippen LogP contribution in [0.25, 0.3) is 11.1 Å². The SMILES string of the molecule is CCCn1ncc(-c2ccccc2C(C)N)c1C. The van der Waals surface area contributed by atoms with E-state index in [4.69, 9.17) is 5.73 Å². The van der Waals surface area contributed by atoms with Gasteiger partial charge in [-0.15, -0.1) is 0 Å². The molecule has 2 N–H and O–H groups in total. The Morgan fingerprint density at radius 1 is 1.28 bits per heavy atom. The van der Waals surface area contributed by atoms with Crippen LogP contribution < -0.4 is 5.73 Å². The second-order valence-electron chi connectivity index (χ2n) is 4.74. The van der Waals surface area contributed by atoms with E-state index in [-0.39, 0.29) is 6.04 Å². The van der Waals surface area contributed by atoms with E-state index in [0.717, 1.165) is 13.0 Å². The summed E-state index contributed by atoms with van der Waals surface area (Å²) in [6, 6.07) is 8.34. The molecule has 0 aliphatic heterocycles. The molecule has 0 radical (unpaired) electrons. The van der Waals surface area contributed by atoms with Gasteiger partial charge in [0.05, 0.1) is 6.20 Å². The van der Waals surface area contributed by atoms with Gasteiger partial charge < -0.3 is 5.73 Å². The van der Waals surface area contributed by atoms with Crippen molar-refractivity contribution in [2.24, 2.45) is 5.73 Å². The monoisotopic (exact) mass is 243 g/mol. The Hall–Kier alpha value is -1.61. The summed E-state index contributed by atoms with van der Waals surface area (Å²) in [7, 11) is 0. The summed E-state index contributed by atoms with van der Waals surface area (Å²) in [6.45, 7) is 7.27. The van der Waals surface area contributed by atoms with E-state index in [2.05, 4.69) is 41.8 Å². The van der Waals surface area contributed by atoms with E-state index in [1.54, 1.807) is 0 Å². The van der Waals surface area contributed by atoms with E-state index >= 15 is 0 Å². The molecule has 1 heterocycles. The van der Waals surface area contributed by atoms with Crippen LogP contribution in [0.15, 0.2) is 30.5 Å². The van der Waals surface area contributed by atoms with Crippen molar-refractivity contribution in [3.63, 3.8) is 0 Å². The van der Waals surface area contributed by atoms with Crippen molar-refractivity contribution in [3.8, 4) is 11.1 Å². The van der Waals surface area contributed by atoms with Gasteiger partial charge in [-0.1, -0.05) is 31.2 Å². The average molecular weight is 243 g/mol. The minimum atomic E-state index is 0.0372. The molecule has 0 fully saturated rings. The van der Waals surface area contributed by atoms with Crippen LogP contribution in [0.3, 0.4) is 0 Å². The number of hydrogen-bond acceptors (Lipinski definition) is 2. The molecule has 1 aromatic carbocycles. The van der Waals surface area contributed by atoms with Crippen LogP contribution in [-0.4, -0.2) is 9.78 Å². The molecule has 0 amide bonds. The van der Waals surface area contributed by atoms with E-state index in [9.17, 15) is 0 Å². The van der Waals surface area contributed by atoms with Crippen LogP contribution in [0.2, 0.25) is 0 Å². The fourth-order valence-corrected chi connectivity index (χ4v) is 2.29. The van der Waals surface area contributed by atoms with Crippen LogP contribution in [0.4, 0.5) is 0 Å². The Morgan fingerprint density at radius 2 is 2.00 bits per heavy atom. The summed E-state index contributed by atoms with van der Waals surface area (Å²) in [5.41, 5.74) is 10.8. The van der Waals surface area contributed by atoms with Crippen LogP contribution in [0, 0.1) is 6.92 Å². The standard InChI is InChI=1S/C15H21N3/c1-4-9-18-12(3)15(10-17-18)14-8-6-5-7-13(14)11(2)16/h5-8,10-11H,4,9,16H2,1-3H3. The Kier molecular flexibility index (Phi) is 3.82. The van der Waals surface area contributed by atoms with Crippen molar-refractivity contribution in [1.82, 2.24) is 9.78 Å². The molecule has 96 valence electrons. The first kappa shape index (κ1) is 12.8. The van der Waals surface area contributed by atoms with Gasteiger partial charge in [-0.25, -0.2) is 0 Å². The maximum atomic E-state index is 6.04.